The topological polar surface area (TPSA) is 90.4 Å². The van der Waals surface area contributed by atoms with Gasteiger partial charge in [0.2, 0.25) is 10.0 Å². The van der Waals surface area contributed by atoms with Gasteiger partial charge in [-0.15, -0.1) is 0 Å². The minimum atomic E-state index is -3.98. The van der Waals surface area contributed by atoms with Crippen molar-refractivity contribution in [2.45, 2.75) is 29.8 Å². The molecule has 0 aliphatic carbocycles. The Labute approximate surface area is 209 Å². The predicted octanol–water partition coefficient (Wildman–Crippen LogP) is 3.12. The highest BCUT2D eigenvalue weighted by molar-refractivity contribution is 7.89. The monoisotopic (exact) mass is 525 g/mol. The molecule has 0 saturated carbocycles. The van der Waals surface area contributed by atoms with Crippen molar-refractivity contribution in [2.75, 3.05) is 45.9 Å². The Morgan fingerprint density at radius 1 is 1.09 bits per heavy atom. The van der Waals surface area contributed by atoms with Crippen LogP contribution in [0.1, 0.15) is 24.4 Å². The number of rotatable bonds is 7. The van der Waals surface area contributed by atoms with Crippen LogP contribution in [0.5, 0.6) is 0 Å². The van der Waals surface area contributed by atoms with E-state index < -0.39 is 34.0 Å². The summed E-state index contributed by atoms with van der Waals surface area (Å²) in [5.41, 5.74) is 0.552. The SMILES string of the molecule is O=C(OC[C@H]1CC[C@@H](c2cccc(F)c2)N1S(=O)(=O)c1ccc(Cl)cc1)N1CCN(CCO)CC1. The fourth-order valence-corrected chi connectivity index (χ4v) is 6.66. The van der Waals surface area contributed by atoms with Crippen molar-refractivity contribution in [3.8, 4) is 0 Å². The van der Waals surface area contributed by atoms with Gasteiger partial charge in [0.25, 0.3) is 0 Å². The Morgan fingerprint density at radius 3 is 2.46 bits per heavy atom. The molecule has 8 nitrogen and oxygen atoms in total. The van der Waals surface area contributed by atoms with Gasteiger partial charge in [0.1, 0.15) is 12.4 Å². The van der Waals surface area contributed by atoms with Crippen LogP contribution in [-0.2, 0) is 14.8 Å². The van der Waals surface area contributed by atoms with Crippen molar-refractivity contribution >= 4 is 27.7 Å². The maximum Gasteiger partial charge on any atom is 0.409 e. The molecule has 1 amide bonds. The second kappa shape index (κ2) is 11.2. The lowest BCUT2D eigenvalue weighted by molar-refractivity contribution is 0.0610. The number of hydrogen-bond acceptors (Lipinski definition) is 6. The molecule has 0 aromatic heterocycles. The number of aliphatic hydroxyl groups excluding tert-OH is 1. The van der Waals surface area contributed by atoms with Crippen LogP contribution in [-0.4, -0.2) is 85.7 Å². The molecule has 2 aromatic rings. The second-order valence-corrected chi connectivity index (χ2v) is 11.0. The van der Waals surface area contributed by atoms with Gasteiger partial charge < -0.3 is 14.7 Å². The number of amides is 1. The van der Waals surface area contributed by atoms with Crippen molar-refractivity contribution in [2.24, 2.45) is 0 Å². The first-order valence-electron chi connectivity index (χ1n) is 11.6. The van der Waals surface area contributed by atoms with Gasteiger partial charge in [-0.1, -0.05) is 23.7 Å². The molecule has 2 aromatic carbocycles. The van der Waals surface area contributed by atoms with E-state index in [0.717, 1.165) is 0 Å². The third-order valence-electron chi connectivity index (χ3n) is 6.51. The highest BCUT2D eigenvalue weighted by atomic mass is 35.5. The molecule has 0 radical (unpaired) electrons. The first-order valence-corrected chi connectivity index (χ1v) is 13.4. The summed E-state index contributed by atoms with van der Waals surface area (Å²) in [6.45, 7) is 2.74. The molecule has 2 aliphatic heterocycles. The first kappa shape index (κ1) is 25.8. The zero-order valence-corrected chi connectivity index (χ0v) is 20.8. The van der Waals surface area contributed by atoms with Crippen molar-refractivity contribution in [3.05, 3.63) is 64.9 Å². The largest absolute Gasteiger partial charge is 0.448 e. The van der Waals surface area contributed by atoms with Gasteiger partial charge in [0.15, 0.2) is 0 Å². The molecule has 4 rings (SSSR count). The van der Waals surface area contributed by atoms with Crippen LogP contribution in [0.25, 0.3) is 0 Å². The van der Waals surface area contributed by atoms with Crippen LogP contribution in [0.2, 0.25) is 5.02 Å². The van der Waals surface area contributed by atoms with Crippen LogP contribution >= 0.6 is 11.6 Å². The fraction of sp³-hybridized carbons (Fsp3) is 0.458. The predicted molar refractivity (Wildman–Crippen MR) is 129 cm³/mol. The number of carbonyl (C=O) groups excluding carboxylic acids is 1. The molecule has 0 spiro atoms. The van der Waals surface area contributed by atoms with Gasteiger partial charge in [0, 0.05) is 37.7 Å². The zero-order chi connectivity index (χ0) is 25.0. The van der Waals surface area contributed by atoms with E-state index in [0.29, 0.717) is 56.2 Å². The maximum atomic E-state index is 14.0. The Morgan fingerprint density at radius 2 is 1.80 bits per heavy atom. The minimum Gasteiger partial charge on any atom is -0.448 e. The number of benzene rings is 2. The summed E-state index contributed by atoms with van der Waals surface area (Å²) in [4.78, 5) is 16.4. The number of sulfonamides is 1. The lowest BCUT2D eigenvalue weighted by Crippen LogP contribution is -2.50. The summed E-state index contributed by atoms with van der Waals surface area (Å²) in [5.74, 6) is -0.443. The molecule has 11 heteroatoms. The maximum absolute atomic E-state index is 14.0. The molecular weight excluding hydrogens is 497 g/mol. The van der Waals surface area contributed by atoms with Crippen LogP contribution in [0.3, 0.4) is 0 Å². The van der Waals surface area contributed by atoms with E-state index in [2.05, 4.69) is 4.90 Å². The van der Waals surface area contributed by atoms with Gasteiger partial charge >= 0.3 is 6.09 Å². The molecule has 2 fully saturated rings. The number of carbonyl (C=O) groups is 1. The third kappa shape index (κ3) is 5.95. The molecule has 2 atom stereocenters. The summed E-state index contributed by atoms with van der Waals surface area (Å²) in [7, 11) is -3.98. The quantitative estimate of drug-likeness (QED) is 0.597. The van der Waals surface area contributed by atoms with Crippen molar-refractivity contribution in [1.82, 2.24) is 14.1 Å². The summed E-state index contributed by atoms with van der Waals surface area (Å²) >= 11 is 5.95. The number of aliphatic hydroxyl groups is 1. The van der Waals surface area contributed by atoms with E-state index >= 15 is 0 Å². The number of nitrogens with zero attached hydrogens (tertiary/aromatic N) is 3. The Balaban J connectivity index is 1.52. The Kier molecular flexibility index (Phi) is 8.28. The standard InChI is InChI=1S/C24H29ClFN3O5S/c25-19-4-7-22(8-5-19)35(32,33)29-21(6-9-23(29)18-2-1-3-20(26)16-18)17-34-24(31)28-12-10-27(11-13-28)14-15-30/h1-5,7-8,16,21,23,30H,6,9-15,17H2/t21-,23+/m1/s1. The lowest BCUT2D eigenvalue weighted by Gasteiger charge is -2.34. The highest BCUT2D eigenvalue weighted by Crippen LogP contribution is 2.41. The number of hydrogen-bond donors (Lipinski definition) is 1. The number of piperazine rings is 1. The molecule has 1 N–H and O–H groups in total. The summed E-state index contributed by atoms with van der Waals surface area (Å²) in [5, 5.41) is 9.49. The van der Waals surface area contributed by atoms with Gasteiger partial charge in [0.05, 0.1) is 23.6 Å². The summed E-state index contributed by atoms with van der Waals surface area (Å²) in [6, 6.07) is 10.6. The van der Waals surface area contributed by atoms with Crippen molar-refractivity contribution in [3.63, 3.8) is 0 Å². The number of ether oxygens (including phenoxy) is 1. The first-order chi connectivity index (χ1) is 16.8. The van der Waals surface area contributed by atoms with Crippen LogP contribution < -0.4 is 0 Å². The van der Waals surface area contributed by atoms with E-state index in [4.69, 9.17) is 21.4 Å². The van der Waals surface area contributed by atoms with Crippen LogP contribution in [0, 0.1) is 5.82 Å². The highest BCUT2D eigenvalue weighted by Gasteiger charge is 2.43. The van der Waals surface area contributed by atoms with Gasteiger partial charge in [-0.3, -0.25) is 4.90 Å². The molecular formula is C24H29ClFN3O5S. The zero-order valence-electron chi connectivity index (χ0n) is 19.2. The number of halogens is 2. The van der Waals surface area contributed by atoms with E-state index in [1.807, 2.05) is 0 Å². The molecule has 190 valence electrons. The fourth-order valence-electron chi connectivity index (χ4n) is 4.69. The van der Waals surface area contributed by atoms with Crippen molar-refractivity contribution in [1.29, 1.82) is 0 Å². The van der Waals surface area contributed by atoms with Gasteiger partial charge in [-0.25, -0.2) is 17.6 Å². The van der Waals surface area contributed by atoms with E-state index in [1.165, 1.54) is 40.7 Å². The molecule has 0 unspecified atom stereocenters. The minimum absolute atomic E-state index is 0.0660. The Hall–Kier alpha value is -2.24. The molecule has 0 bridgehead atoms. The Bertz CT molecular complexity index is 1130. The number of β-amino-alcohol motifs (C(OH)–C–C–N with tert-alkyl or cyclic N) is 1. The van der Waals surface area contributed by atoms with Gasteiger partial charge in [-0.05, 0) is 54.8 Å². The van der Waals surface area contributed by atoms with E-state index in [1.54, 1.807) is 17.0 Å². The molecule has 35 heavy (non-hydrogen) atoms. The average Bonchev–Trinajstić information content (AvgIpc) is 3.28. The lowest BCUT2D eigenvalue weighted by atomic mass is 10.1. The normalized spacial score (nSPS) is 21.9. The smallest absolute Gasteiger partial charge is 0.409 e. The van der Waals surface area contributed by atoms with Gasteiger partial charge in [-0.2, -0.15) is 4.31 Å². The third-order valence-corrected chi connectivity index (χ3v) is 8.74. The molecule has 2 heterocycles. The molecule has 2 saturated heterocycles. The van der Waals surface area contributed by atoms with Crippen LogP contribution in [0.15, 0.2) is 53.4 Å². The summed E-state index contributed by atoms with van der Waals surface area (Å²) in [6.07, 6.45) is 0.441. The van der Waals surface area contributed by atoms with E-state index in [-0.39, 0.29) is 18.1 Å². The molecule has 2 aliphatic rings. The van der Waals surface area contributed by atoms with Crippen LogP contribution in [0.4, 0.5) is 9.18 Å². The van der Waals surface area contributed by atoms with Crippen molar-refractivity contribution < 1.29 is 27.4 Å². The average molecular weight is 526 g/mol. The summed E-state index contributed by atoms with van der Waals surface area (Å²) < 4.78 is 48.2. The second-order valence-electron chi connectivity index (χ2n) is 8.72. The van der Waals surface area contributed by atoms with E-state index in [9.17, 15) is 17.6 Å².